The zero-order valence-electron chi connectivity index (χ0n) is 16.0. The molecule has 1 heterocycles. The van der Waals surface area contributed by atoms with Crippen LogP contribution in [-0.4, -0.2) is 24.9 Å². The number of urea groups is 1. The molecule has 0 bridgehead atoms. The van der Waals surface area contributed by atoms with Gasteiger partial charge in [0.1, 0.15) is 5.75 Å². The number of carbonyl (C=O) groups is 1. The highest BCUT2D eigenvalue weighted by molar-refractivity contribution is 6.30. The summed E-state index contributed by atoms with van der Waals surface area (Å²) < 4.78 is 5.22. The van der Waals surface area contributed by atoms with Crippen molar-refractivity contribution in [3.8, 4) is 5.75 Å². The normalized spacial score (nSPS) is 21.2. The number of nitrogens with zero attached hydrogens (tertiary/aromatic N) is 1. The van der Waals surface area contributed by atoms with Crippen molar-refractivity contribution in [3.63, 3.8) is 0 Å². The number of amides is 2. The Morgan fingerprint density at radius 2 is 2.00 bits per heavy atom. The van der Waals surface area contributed by atoms with Crippen LogP contribution >= 0.6 is 11.6 Å². The van der Waals surface area contributed by atoms with Gasteiger partial charge in [-0.2, -0.15) is 0 Å². The summed E-state index contributed by atoms with van der Waals surface area (Å²) in [6.07, 6.45) is 3.51. The zero-order chi connectivity index (χ0) is 19.7. The molecule has 1 fully saturated rings. The Bertz CT molecular complexity index is 867. The molecule has 1 atom stereocenters. The van der Waals surface area contributed by atoms with Crippen molar-refractivity contribution in [3.05, 3.63) is 58.6 Å². The molecule has 4 rings (SSSR count). The number of aliphatic hydroxyl groups excluding tert-OH is 1. The monoisotopic (exact) mass is 400 g/mol. The summed E-state index contributed by atoms with van der Waals surface area (Å²) in [6.45, 7) is 0.570. The summed E-state index contributed by atoms with van der Waals surface area (Å²) in [5.41, 5.74) is 2.53. The van der Waals surface area contributed by atoms with Crippen LogP contribution in [0.2, 0.25) is 5.02 Å². The number of ether oxygens (including phenoxy) is 1. The van der Waals surface area contributed by atoms with Gasteiger partial charge in [0.2, 0.25) is 0 Å². The molecule has 0 aromatic heterocycles. The highest BCUT2D eigenvalue weighted by Gasteiger charge is 2.51. The lowest BCUT2D eigenvalue weighted by atomic mass is 9.78. The highest BCUT2D eigenvalue weighted by atomic mass is 35.5. The molecule has 5 nitrogen and oxygen atoms in total. The van der Waals surface area contributed by atoms with E-state index in [1.54, 1.807) is 12.0 Å². The van der Waals surface area contributed by atoms with Gasteiger partial charge in [0, 0.05) is 17.2 Å². The van der Waals surface area contributed by atoms with Gasteiger partial charge in [0.25, 0.3) is 0 Å². The van der Waals surface area contributed by atoms with Crippen molar-refractivity contribution in [1.82, 2.24) is 5.32 Å². The number of benzene rings is 2. The van der Waals surface area contributed by atoms with Crippen LogP contribution in [0.4, 0.5) is 10.5 Å². The molecule has 0 spiro atoms. The van der Waals surface area contributed by atoms with E-state index in [1.165, 1.54) is 0 Å². The van der Waals surface area contributed by atoms with E-state index in [0.717, 1.165) is 35.4 Å². The molecule has 1 aliphatic carbocycles. The molecule has 1 unspecified atom stereocenters. The molecule has 2 amide bonds. The Hall–Kier alpha value is -2.24. The molecule has 6 heteroatoms. The molecule has 2 aliphatic rings. The van der Waals surface area contributed by atoms with Crippen LogP contribution in [0.1, 0.15) is 36.8 Å². The topological polar surface area (TPSA) is 61.8 Å². The molecule has 2 aromatic carbocycles. The van der Waals surface area contributed by atoms with Gasteiger partial charge in [-0.25, -0.2) is 4.79 Å². The third-order valence-corrected chi connectivity index (χ3v) is 6.04. The second-order valence-electron chi connectivity index (χ2n) is 7.60. The summed E-state index contributed by atoms with van der Waals surface area (Å²) in [5.74, 6) is 1.18. The van der Waals surface area contributed by atoms with Gasteiger partial charge in [-0.15, -0.1) is 0 Å². The summed E-state index contributed by atoms with van der Waals surface area (Å²) in [5, 5.41) is 13.4. The van der Waals surface area contributed by atoms with Crippen LogP contribution in [0.25, 0.3) is 0 Å². The van der Waals surface area contributed by atoms with E-state index < -0.39 is 5.54 Å². The molecule has 2 aromatic rings. The van der Waals surface area contributed by atoms with Crippen LogP contribution in [0.15, 0.2) is 42.5 Å². The van der Waals surface area contributed by atoms with Crippen LogP contribution in [0.5, 0.6) is 5.75 Å². The predicted octanol–water partition coefficient (Wildman–Crippen LogP) is 4.46. The number of hydrogen-bond acceptors (Lipinski definition) is 3. The first-order chi connectivity index (χ1) is 13.6. The average molecular weight is 401 g/mol. The standard InChI is InChI=1S/C22H25ClN2O3/c1-28-18-8-3-15(4-9-18)14-25-20-10-7-17(23)13-19(20)22(11-2-12-26,16-5-6-16)24-21(25)27/h3-4,7-10,13,16,26H,2,5-6,11-12,14H2,1H3,(H,24,27). The fraction of sp³-hybridized carbons (Fsp3) is 0.409. The fourth-order valence-corrected chi connectivity index (χ4v) is 4.44. The number of nitrogens with one attached hydrogen (secondary N) is 1. The van der Waals surface area contributed by atoms with Crippen molar-refractivity contribution >= 4 is 23.3 Å². The quantitative estimate of drug-likeness (QED) is 0.721. The SMILES string of the molecule is COc1ccc(CN2C(=O)NC(CCCO)(C3CC3)c3cc(Cl)ccc32)cc1. The van der Waals surface area contributed by atoms with E-state index in [-0.39, 0.29) is 12.6 Å². The number of halogens is 1. The van der Waals surface area contributed by atoms with Crippen LogP contribution in [0, 0.1) is 5.92 Å². The third-order valence-electron chi connectivity index (χ3n) is 5.81. The summed E-state index contributed by atoms with van der Waals surface area (Å²) in [4.78, 5) is 14.9. The molecule has 148 valence electrons. The van der Waals surface area contributed by atoms with Gasteiger partial charge in [0.05, 0.1) is 24.9 Å². The minimum absolute atomic E-state index is 0.101. The number of anilines is 1. The van der Waals surface area contributed by atoms with Crippen molar-refractivity contribution in [2.45, 2.75) is 37.8 Å². The van der Waals surface area contributed by atoms with E-state index in [9.17, 15) is 9.90 Å². The van der Waals surface area contributed by atoms with Gasteiger partial charge in [-0.3, -0.25) is 4.90 Å². The molecule has 2 N–H and O–H groups in total. The Kier molecular flexibility index (Phi) is 5.21. The van der Waals surface area contributed by atoms with Gasteiger partial charge < -0.3 is 15.2 Å². The second kappa shape index (κ2) is 7.64. The summed E-state index contributed by atoms with van der Waals surface area (Å²) in [7, 11) is 1.64. The van der Waals surface area contributed by atoms with Crippen molar-refractivity contribution < 1.29 is 14.6 Å². The van der Waals surface area contributed by atoms with E-state index in [4.69, 9.17) is 16.3 Å². The lowest BCUT2D eigenvalue weighted by Gasteiger charge is -2.45. The first-order valence-electron chi connectivity index (χ1n) is 9.71. The van der Waals surface area contributed by atoms with E-state index in [1.807, 2.05) is 42.5 Å². The van der Waals surface area contributed by atoms with E-state index in [0.29, 0.717) is 30.3 Å². The molecular weight excluding hydrogens is 376 g/mol. The second-order valence-corrected chi connectivity index (χ2v) is 8.04. The first kappa shape index (κ1) is 19.1. The van der Waals surface area contributed by atoms with Gasteiger partial charge >= 0.3 is 6.03 Å². The lowest BCUT2D eigenvalue weighted by molar-refractivity contribution is 0.196. The molecule has 1 aliphatic heterocycles. The molecular formula is C22H25ClN2O3. The smallest absolute Gasteiger partial charge is 0.322 e. The Balaban J connectivity index is 1.72. The number of rotatable bonds is 7. The van der Waals surface area contributed by atoms with Crippen LogP contribution in [-0.2, 0) is 12.1 Å². The first-order valence-corrected chi connectivity index (χ1v) is 10.1. The predicted molar refractivity (Wildman–Crippen MR) is 110 cm³/mol. The maximum Gasteiger partial charge on any atom is 0.322 e. The number of fused-ring (bicyclic) bond motifs is 1. The Labute approximate surface area is 170 Å². The number of carbonyl (C=O) groups excluding carboxylic acids is 1. The largest absolute Gasteiger partial charge is 0.497 e. The van der Waals surface area contributed by atoms with Crippen LogP contribution < -0.4 is 15.0 Å². The molecule has 1 saturated carbocycles. The summed E-state index contributed by atoms with van der Waals surface area (Å²) >= 11 is 6.35. The minimum atomic E-state index is -0.448. The Morgan fingerprint density at radius 3 is 2.64 bits per heavy atom. The zero-order valence-corrected chi connectivity index (χ0v) is 16.7. The third kappa shape index (κ3) is 3.45. The van der Waals surface area contributed by atoms with E-state index >= 15 is 0 Å². The van der Waals surface area contributed by atoms with Crippen molar-refractivity contribution in [1.29, 1.82) is 0 Å². The maximum atomic E-state index is 13.2. The highest BCUT2D eigenvalue weighted by Crippen LogP contribution is 2.53. The Morgan fingerprint density at radius 1 is 1.25 bits per heavy atom. The van der Waals surface area contributed by atoms with Gasteiger partial charge in [-0.05, 0) is 67.5 Å². The van der Waals surface area contributed by atoms with E-state index in [2.05, 4.69) is 5.32 Å². The molecule has 28 heavy (non-hydrogen) atoms. The minimum Gasteiger partial charge on any atom is -0.497 e. The average Bonchev–Trinajstić information content (AvgIpc) is 3.55. The lowest BCUT2D eigenvalue weighted by Crippen LogP contribution is -2.57. The maximum absolute atomic E-state index is 13.2. The number of aliphatic hydroxyl groups is 1. The van der Waals surface area contributed by atoms with Crippen molar-refractivity contribution in [2.75, 3.05) is 18.6 Å². The molecule has 0 saturated heterocycles. The van der Waals surface area contributed by atoms with Crippen molar-refractivity contribution in [2.24, 2.45) is 5.92 Å². The van der Waals surface area contributed by atoms with Gasteiger partial charge in [0.15, 0.2) is 0 Å². The number of hydrogen-bond donors (Lipinski definition) is 2. The number of methoxy groups -OCH3 is 1. The van der Waals surface area contributed by atoms with Gasteiger partial charge in [-0.1, -0.05) is 23.7 Å². The fourth-order valence-electron chi connectivity index (χ4n) is 4.26. The molecule has 0 radical (unpaired) electrons. The van der Waals surface area contributed by atoms with Crippen LogP contribution in [0.3, 0.4) is 0 Å². The summed E-state index contributed by atoms with van der Waals surface area (Å²) in [6, 6.07) is 13.4.